The number of fused-ring (bicyclic) bond motifs is 1. The van der Waals surface area contributed by atoms with Crippen molar-refractivity contribution in [1.29, 1.82) is 0 Å². The van der Waals surface area contributed by atoms with E-state index in [4.69, 9.17) is 4.99 Å². The maximum absolute atomic E-state index is 13.4. The van der Waals surface area contributed by atoms with E-state index in [2.05, 4.69) is 5.32 Å². The zero-order chi connectivity index (χ0) is 23.9. The van der Waals surface area contributed by atoms with Gasteiger partial charge in [0, 0.05) is 18.2 Å². The summed E-state index contributed by atoms with van der Waals surface area (Å²) in [5.41, 5.74) is 2.91. The van der Waals surface area contributed by atoms with Gasteiger partial charge in [-0.25, -0.2) is 4.39 Å². The Bertz CT molecular complexity index is 1300. The van der Waals surface area contributed by atoms with Crippen LogP contribution in [0.3, 0.4) is 0 Å². The lowest BCUT2D eigenvalue weighted by Crippen LogP contribution is -2.60. The summed E-state index contributed by atoms with van der Waals surface area (Å²) in [6, 6.07) is 20.6. The van der Waals surface area contributed by atoms with Gasteiger partial charge in [-0.15, -0.1) is 0 Å². The van der Waals surface area contributed by atoms with Gasteiger partial charge in [0.15, 0.2) is 17.7 Å². The minimum Gasteiger partial charge on any atom is -0.504 e. The Morgan fingerprint density at radius 3 is 2.44 bits per heavy atom. The third kappa shape index (κ3) is 4.01. The van der Waals surface area contributed by atoms with Crippen LogP contribution < -0.4 is 5.32 Å². The number of rotatable bonds is 5. The van der Waals surface area contributed by atoms with Crippen LogP contribution in [0.5, 0.6) is 11.5 Å². The average Bonchev–Trinajstić information content (AvgIpc) is 3.14. The Hall–Kier alpha value is -4.13. The molecule has 2 aliphatic rings. The van der Waals surface area contributed by atoms with Crippen molar-refractivity contribution in [1.82, 2.24) is 10.2 Å². The molecule has 7 heteroatoms. The fourth-order valence-electron chi connectivity index (χ4n) is 4.56. The number of phenolic OH excluding ortho intramolecular Hbond substituents is 2. The third-order valence-corrected chi connectivity index (χ3v) is 6.27. The van der Waals surface area contributed by atoms with Gasteiger partial charge in [0.05, 0.1) is 11.2 Å². The van der Waals surface area contributed by atoms with Crippen LogP contribution in [0.2, 0.25) is 0 Å². The molecule has 0 fully saturated rings. The first-order valence-electron chi connectivity index (χ1n) is 11.0. The van der Waals surface area contributed by atoms with Gasteiger partial charge < -0.3 is 15.5 Å². The molecule has 1 unspecified atom stereocenters. The van der Waals surface area contributed by atoms with Gasteiger partial charge in [0.1, 0.15) is 11.5 Å². The predicted octanol–water partition coefficient (Wildman–Crippen LogP) is 3.99. The largest absolute Gasteiger partial charge is 0.504 e. The van der Waals surface area contributed by atoms with Gasteiger partial charge >= 0.3 is 0 Å². The van der Waals surface area contributed by atoms with E-state index >= 15 is 0 Å². The molecule has 2 atom stereocenters. The number of aromatic hydroxyl groups is 2. The Morgan fingerprint density at radius 1 is 1.00 bits per heavy atom. The van der Waals surface area contributed by atoms with Crippen LogP contribution in [-0.2, 0) is 17.6 Å². The van der Waals surface area contributed by atoms with E-state index in [1.807, 2.05) is 37.3 Å². The highest BCUT2D eigenvalue weighted by Crippen LogP contribution is 2.36. The normalized spacial score (nSPS) is 21.5. The van der Waals surface area contributed by atoms with Gasteiger partial charge in [-0.3, -0.25) is 14.7 Å². The number of hydrogen-bond donors (Lipinski definition) is 3. The summed E-state index contributed by atoms with van der Waals surface area (Å²) in [6.45, 7) is 2.02. The smallest absolute Gasteiger partial charge is 0.274 e. The molecule has 0 spiro atoms. The second kappa shape index (κ2) is 8.33. The molecule has 0 bridgehead atoms. The summed E-state index contributed by atoms with van der Waals surface area (Å²) in [4.78, 5) is 19.9. The molecule has 0 saturated heterocycles. The SMILES string of the molecule is C[C@]1(Cc2ccccc2)NC(c2ccc(O)c(O)c2)=CN2C(=O)C(Cc3ccc(F)cc3)=NC21. The molecule has 3 N–H and O–H groups in total. The standard InChI is InChI=1S/C27H24FN3O3/c1-27(15-18-5-3-2-4-6-18)26-29-21(13-17-7-10-20(28)11-8-17)25(34)31(26)16-22(30-27)19-9-12-23(32)24(33)14-19/h2-12,14,16,26,30,32-33H,13,15H2,1H3/t26?,27-/m1/s1. The molecule has 172 valence electrons. The first-order chi connectivity index (χ1) is 16.3. The Balaban J connectivity index is 1.54. The summed E-state index contributed by atoms with van der Waals surface area (Å²) in [7, 11) is 0. The Kier molecular flexibility index (Phi) is 5.32. The number of amides is 1. The molecule has 0 saturated carbocycles. The first kappa shape index (κ1) is 21.7. The molecule has 0 radical (unpaired) electrons. The molecule has 3 aromatic rings. The number of nitrogens with one attached hydrogen (secondary N) is 1. The fraction of sp³-hybridized carbons (Fsp3) is 0.185. The van der Waals surface area contributed by atoms with Gasteiger partial charge in [-0.2, -0.15) is 0 Å². The van der Waals surface area contributed by atoms with E-state index in [1.165, 1.54) is 24.3 Å². The monoisotopic (exact) mass is 457 g/mol. The van der Waals surface area contributed by atoms with Gasteiger partial charge in [0.2, 0.25) is 0 Å². The van der Waals surface area contributed by atoms with E-state index in [0.717, 1.165) is 11.1 Å². The molecule has 5 rings (SSSR count). The van der Waals surface area contributed by atoms with Gasteiger partial charge in [-0.05, 0) is 54.8 Å². The summed E-state index contributed by atoms with van der Waals surface area (Å²) in [5, 5.41) is 23.3. The molecule has 0 aliphatic carbocycles. The quantitative estimate of drug-likeness (QED) is 0.506. The van der Waals surface area contributed by atoms with Crippen molar-refractivity contribution in [2.24, 2.45) is 4.99 Å². The lowest BCUT2D eigenvalue weighted by atomic mass is 9.87. The van der Waals surface area contributed by atoms with Crippen molar-refractivity contribution < 1.29 is 19.4 Å². The van der Waals surface area contributed by atoms with E-state index < -0.39 is 11.7 Å². The number of nitrogens with zero attached hydrogens (tertiary/aromatic N) is 2. The number of hydrogen-bond acceptors (Lipinski definition) is 5. The van der Waals surface area contributed by atoms with Crippen molar-refractivity contribution in [3.8, 4) is 11.5 Å². The average molecular weight is 458 g/mol. The van der Waals surface area contributed by atoms with E-state index in [0.29, 0.717) is 29.8 Å². The van der Waals surface area contributed by atoms with Crippen molar-refractivity contribution in [2.75, 3.05) is 0 Å². The topological polar surface area (TPSA) is 85.2 Å². The zero-order valence-corrected chi connectivity index (χ0v) is 18.6. The van der Waals surface area contributed by atoms with Gasteiger partial charge in [-0.1, -0.05) is 42.5 Å². The highest BCUT2D eigenvalue weighted by Gasteiger charge is 2.48. The minimum atomic E-state index is -0.654. The molecule has 2 aliphatic heterocycles. The van der Waals surface area contributed by atoms with E-state index in [9.17, 15) is 19.4 Å². The van der Waals surface area contributed by atoms with Crippen molar-refractivity contribution in [3.63, 3.8) is 0 Å². The van der Waals surface area contributed by atoms with Crippen LogP contribution in [0.25, 0.3) is 5.70 Å². The number of carbonyl (C=O) groups excluding carboxylic acids is 1. The lowest BCUT2D eigenvalue weighted by Gasteiger charge is -2.44. The maximum atomic E-state index is 13.4. The summed E-state index contributed by atoms with van der Waals surface area (Å²) < 4.78 is 13.3. The van der Waals surface area contributed by atoms with Gasteiger partial charge in [0.25, 0.3) is 5.91 Å². The highest BCUT2D eigenvalue weighted by molar-refractivity contribution is 6.41. The van der Waals surface area contributed by atoms with Crippen LogP contribution in [0.15, 0.2) is 84.0 Å². The first-order valence-corrected chi connectivity index (χ1v) is 11.0. The van der Waals surface area contributed by atoms with E-state index in [1.54, 1.807) is 29.3 Å². The molecular weight excluding hydrogens is 433 g/mol. The highest BCUT2D eigenvalue weighted by atomic mass is 19.1. The second-order valence-electron chi connectivity index (χ2n) is 8.92. The molecule has 6 nitrogen and oxygen atoms in total. The molecule has 1 amide bonds. The van der Waals surface area contributed by atoms with Crippen molar-refractivity contribution in [2.45, 2.75) is 31.5 Å². The number of halogens is 1. The Labute approximate surface area is 196 Å². The molecule has 3 aromatic carbocycles. The number of aliphatic imine (C=N–C) groups is 1. The maximum Gasteiger partial charge on any atom is 0.274 e. The second-order valence-corrected chi connectivity index (χ2v) is 8.92. The fourth-order valence-corrected chi connectivity index (χ4v) is 4.56. The minimum absolute atomic E-state index is 0.212. The summed E-state index contributed by atoms with van der Waals surface area (Å²) in [6.07, 6.45) is 2.12. The van der Waals surface area contributed by atoms with Crippen molar-refractivity contribution >= 4 is 17.3 Å². The number of phenols is 2. The van der Waals surface area contributed by atoms with Crippen LogP contribution in [0.4, 0.5) is 4.39 Å². The zero-order valence-electron chi connectivity index (χ0n) is 18.6. The summed E-state index contributed by atoms with van der Waals surface area (Å²) in [5.74, 6) is -0.999. The van der Waals surface area contributed by atoms with Crippen molar-refractivity contribution in [3.05, 3.63) is 102 Å². The predicted molar refractivity (Wildman–Crippen MR) is 128 cm³/mol. The number of benzene rings is 3. The van der Waals surface area contributed by atoms with Crippen LogP contribution in [0, 0.1) is 5.82 Å². The van der Waals surface area contributed by atoms with Crippen LogP contribution in [0.1, 0.15) is 23.6 Å². The lowest BCUT2D eigenvalue weighted by molar-refractivity contribution is -0.123. The Morgan fingerprint density at radius 2 is 1.74 bits per heavy atom. The molecule has 34 heavy (non-hydrogen) atoms. The van der Waals surface area contributed by atoms with Crippen LogP contribution in [-0.4, -0.2) is 38.4 Å². The molecule has 2 heterocycles. The number of carbonyl (C=O) groups is 1. The summed E-state index contributed by atoms with van der Waals surface area (Å²) >= 11 is 0. The third-order valence-electron chi connectivity index (χ3n) is 6.27. The molecular formula is C27H24FN3O3. The molecule has 0 aromatic heterocycles. The van der Waals surface area contributed by atoms with E-state index in [-0.39, 0.29) is 23.2 Å². The van der Waals surface area contributed by atoms with Crippen LogP contribution >= 0.6 is 0 Å².